The molecule has 1 aromatic heterocycles. The highest BCUT2D eigenvalue weighted by Crippen LogP contribution is 2.19. The van der Waals surface area contributed by atoms with E-state index in [-0.39, 0.29) is 5.91 Å². The molecule has 2 aliphatic rings. The van der Waals surface area contributed by atoms with Gasteiger partial charge in [0.15, 0.2) is 0 Å². The van der Waals surface area contributed by atoms with Crippen LogP contribution in [0, 0.1) is 0 Å². The van der Waals surface area contributed by atoms with Crippen molar-refractivity contribution in [2.24, 2.45) is 0 Å². The maximum absolute atomic E-state index is 12.3. The number of aromatic nitrogens is 1. The molecule has 2 aromatic rings. The van der Waals surface area contributed by atoms with Gasteiger partial charge in [0.05, 0.1) is 25.1 Å². The van der Waals surface area contributed by atoms with Crippen molar-refractivity contribution >= 4 is 17.3 Å². The molecule has 3 heterocycles. The van der Waals surface area contributed by atoms with Gasteiger partial charge in [-0.05, 0) is 24.3 Å². The largest absolute Gasteiger partial charge is 0.379 e. The molecule has 29 heavy (non-hydrogen) atoms. The van der Waals surface area contributed by atoms with Crippen molar-refractivity contribution in [1.82, 2.24) is 15.2 Å². The van der Waals surface area contributed by atoms with Gasteiger partial charge >= 0.3 is 0 Å². The highest BCUT2D eigenvalue weighted by atomic mass is 16.5. The van der Waals surface area contributed by atoms with Gasteiger partial charge in [-0.25, -0.2) is 4.98 Å². The van der Waals surface area contributed by atoms with Crippen LogP contribution in [-0.4, -0.2) is 81.4 Å². The molecule has 7 nitrogen and oxygen atoms in total. The molecule has 154 valence electrons. The molecular formula is C22H29N5O2. The Morgan fingerprint density at radius 2 is 1.59 bits per heavy atom. The van der Waals surface area contributed by atoms with Crippen LogP contribution in [-0.2, 0) is 4.74 Å². The number of hydrogen-bond acceptors (Lipinski definition) is 6. The lowest BCUT2D eigenvalue weighted by Gasteiger charge is -2.37. The predicted octanol–water partition coefficient (Wildman–Crippen LogP) is 1.47. The lowest BCUT2D eigenvalue weighted by Crippen LogP contribution is -2.46. The summed E-state index contributed by atoms with van der Waals surface area (Å²) in [4.78, 5) is 23.8. The second kappa shape index (κ2) is 9.71. The maximum Gasteiger partial charge on any atom is 0.269 e. The van der Waals surface area contributed by atoms with Crippen molar-refractivity contribution in [1.29, 1.82) is 0 Å². The maximum atomic E-state index is 12.3. The third-order valence-corrected chi connectivity index (χ3v) is 5.56. The minimum Gasteiger partial charge on any atom is -0.379 e. The second-order valence-corrected chi connectivity index (χ2v) is 7.42. The lowest BCUT2D eigenvalue weighted by atomic mass is 10.2. The Hall–Kier alpha value is -2.64. The number of nitrogens with one attached hydrogen (secondary N) is 1. The fraction of sp³-hybridized carbons (Fsp3) is 0.455. The molecule has 0 atom stereocenters. The zero-order valence-electron chi connectivity index (χ0n) is 16.8. The van der Waals surface area contributed by atoms with Crippen LogP contribution in [0.5, 0.6) is 0 Å². The van der Waals surface area contributed by atoms with E-state index in [1.807, 2.05) is 24.4 Å². The van der Waals surface area contributed by atoms with Crippen molar-refractivity contribution in [3.8, 4) is 0 Å². The van der Waals surface area contributed by atoms with E-state index in [0.29, 0.717) is 12.2 Å². The molecule has 0 bridgehead atoms. The van der Waals surface area contributed by atoms with Gasteiger partial charge in [0.25, 0.3) is 5.91 Å². The number of hydrogen-bond donors (Lipinski definition) is 1. The molecule has 0 aliphatic carbocycles. The van der Waals surface area contributed by atoms with E-state index in [1.54, 1.807) is 0 Å². The molecule has 0 spiro atoms. The quantitative estimate of drug-likeness (QED) is 0.799. The van der Waals surface area contributed by atoms with Gasteiger partial charge in [0.2, 0.25) is 0 Å². The first-order valence-electron chi connectivity index (χ1n) is 10.4. The highest BCUT2D eigenvalue weighted by Gasteiger charge is 2.18. The smallest absolute Gasteiger partial charge is 0.269 e. The number of rotatable bonds is 6. The number of para-hydroxylation sites is 1. The number of carbonyl (C=O) groups is 1. The van der Waals surface area contributed by atoms with Gasteiger partial charge in [-0.15, -0.1) is 0 Å². The van der Waals surface area contributed by atoms with Gasteiger partial charge in [-0.2, -0.15) is 0 Å². The Balaban J connectivity index is 1.24. The van der Waals surface area contributed by atoms with E-state index >= 15 is 0 Å². The highest BCUT2D eigenvalue weighted by molar-refractivity contribution is 5.92. The Kier molecular flexibility index (Phi) is 6.59. The molecule has 0 saturated carbocycles. The van der Waals surface area contributed by atoms with E-state index in [4.69, 9.17) is 4.74 Å². The number of anilines is 2. The topological polar surface area (TPSA) is 60.9 Å². The van der Waals surface area contributed by atoms with Crippen molar-refractivity contribution < 1.29 is 9.53 Å². The van der Waals surface area contributed by atoms with E-state index in [1.165, 1.54) is 5.69 Å². The zero-order chi connectivity index (χ0) is 19.9. The molecule has 4 rings (SSSR count). The number of morpholine rings is 1. The monoisotopic (exact) mass is 395 g/mol. The Labute approximate surface area is 172 Å². The average Bonchev–Trinajstić information content (AvgIpc) is 2.80. The van der Waals surface area contributed by atoms with Crippen LogP contribution in [0.2, 0.25) is 0 Å². The summed E-state index contributed by atoms with van der Waals surface area (Å²) in [5.41, 5.74) is 2.82. The molecule has 2 saturated heterocycles. The van der Waals surface area contributed by atoms with Gasteiger partial charge in [-0.1, -0.05) is 18.2 Å². The minimum absolute atomic E-state index is 0.112. The van der Waals surface area contributed by atoms with E-state index < -0.39 is 0 Å². The first-order valence-corrected chi connectivity index (χ1v) is 10.4. The van der Waals surface area contributed by atoms with Crippen LogP contribution >= 0.6 is 0 Å². The molecule has 7 heteroatoms. The van der Waals surface area contributed by atoms with Crippen LogP contribution < -0.4 is 15.1 Å². The van der Waals surface area contributed by atoms with Crippen LogP contribution in [0.1, 0.15) is 10.5 Å². The van der Waals surface area contributed by atoms with Gasteiger partial charge < -0.3 is 19.9 Å². The fourth-order valence-electron chi connectivity index (χ4n) is 3.81. The zero-order valence-corrected chi connectivity index (χ0v) is 16.8. The fourth-order valence-corrected chi connectivity index (χ4v) is 3.81. The number of benzene rings is 1. The predicted molar refractivity (Wildman–Crippen MR) is 115 cm³/mol. The van der Waals surface area contributed by atoms with Crippen molar-refractivity contribution in [3.63, 3.8) is 0 Å². The number of ether oxygens (including phenoxy) is 1. The summed E-state index contributed by atoms with van der Waals surface area (Å²) in [6, 6.07) is 14.3. The summed E-state index contributed by atoms with van der Waals surface area (Å²) in [6.07, 6.45) is 1.81. The number of nitrogens with zero attached hydrogens (tertiary/aromatic N) is 4. The Morgan fingerprint density at radius 3 is 2.24 bits per heavy atom. The SMILES string of the molecule is O=C(NCCN1CCOCC1)c1ccc(N2CCN(c3ccccc3)CC2)cn1. The summed E-state index contributed by atoms with van der Waals surface area (Å²) in [7, 11) is 0. The molecule has 2 aliphatic heterocycles. The molecule has 1 N–H and O–H groups in total. The lowest BCUT2D eigenvalue weighted by molar-refractivity contribution is 0.0383. The van der Waals surface area contributed by atoms with Crippen LogP contribution in [0.3, 0.4) is 0 Å². The average molecular weight is 396 g/mol. The van der Waals surface area contributed by atoms with Gasteiger partial charge in [0.1, 0.15) is 5.69 Å². The minimum atomic E-state index is -0.112. The standard InChI is InChI=1S/C22H29N5O2/c28-22(23-8-9-25-14-16-29-17-15-25)21-7-6-20(18-24-21)27-12-10-26(11-13-27)19-4-2-1-3-5-19/h1-7,18H,8-17H2,(H,23,28). The first-order chi connectivity index (χ1) is 14.3. The molecular weight excluding hydrogens is 366 g/mol. The summed E-state index contributed by atoms with van der Waals surface area (Å²) >= 11 is 0. The summed E-state index contributed by atoms with van der Waals surface area (Å²) in [5, 5.41) is 2.97. The molecule has 1 amide bonds. The van der Waals surface area contributed by atoms with Crippen LogP contribution in [0.4, 0.5) is 11.4 Å². The van der Waals surface area contributed by atoms with Gasteiger partial charge in [-0.3, -0.25) is 9.69 Å². The number of pyridine rings is 1. The molecule has 0 radical (unpaired) electrons. The Bertz CT molecular complexity index is 770. The normalized spacial score (nSPS) is 17.9. The van der Waals surface area contributed by atoms with Crippen LogP contribution in [0.25, 0.3) is 0 Å². The van der Waals surface area contributed by atoms with E-state index in [9.17, 15) is 4.79 Å². The number of piperazine rings is 1. The van der Waals surface area contributed by atoms with Crippen LogP contribution in [0.15, 0.2) is 48.7 Å². The second-order valence-electron chi connectivity index (χ2n) is 7.42. The third kappa shape index (κ3) is 5.25. The first kappa shape index (κ1) is 19.7. The summed E-state index contributed by atoms with van der Waals surface area (Å²) < 4.78 is 5.34. The van der Waals surface area contributed by atoms with Gasteiger partial charge in [0, 0.05) is 58.0 Å². The Morgan fingerprint density at radius 1 is 0.897 bits per heavy atom. The van der Waals surface area contributed by atoms with E-state index in [2.05, 4.69) is 49.3 Å². The third-order valence-electron chi connectivity index (χ3n) is 5.56. The number of carbonyl (C=O) groups excluding carboxylic acids is 1. The van der Waals surface area contributed by atoms with Crippen molar-refractivity contribution in [2.45, 2.75) is 0 Å². The van der Waals surface area contributed by atoms with E-state index in [0.717, 1.165) is 64.7 Å². The molecule has 0 unspecified atom stereocenters. The molecule has 1 aromatic carbocycles. The summed E-state index contributed by atoms with van der Waals surface area (Å²) in [5.74, 6) is -0.112. The van der Waals surface area contributed by atoms with Crippen molar-refractivity contribution in [3.05, 3.63) is 54.4 Å². The molecule has 2 fully saturated rings. The summed E-state index contributed by atoms with van der Waals surface area (Å²) in [6.45, 7) is 8.74. The number of amides is 1. The van der Waals surface area contributed by atoms with Crippen molar-refractivity contribution in [2.75, 3.05) is 75.4 Å².